The lowest BCUT2D eigenvalue weighted by atomic mass is 10.2. The van der Waals surface area contributed by atoms with E-state index in [0.717, 1.165) is 0 Å². The molecule has 18 heavy (non-hydrogen) atoms. The van der Waals surface area contributed by atoms with Crippen LogP contribution in [0.5, 0.6) is 5.75 Å². The van der Waals surface area contributed by atoms with Gasteiger partial charge in [-0.05, 0) is 18.2 Å². The lowest BCUT2D eigenvalue weighted by Gasteiger charge is -2.18. The summed E-state index contributed by atoms with van der Waals surface area (Å²) in [5, 5.41) is 13.7. The fourth-order valence-electron chi connectivity index (χ4n) is 1.55. The highest BCUT2D eigenvalue weighted by molar-refractivity contribution is 5.97. The van der Waals surface area contributed by atoms with Crippen LogP contribution in [0.3, 0.4) is 0 Å². The van der Waals surface area contributed by atoms with E-state index in [9.17, 15) is 9.59 Å². The Balaban J connectivity index is 2.07. The van der Waals surface area contributed by atoms with Crippen LogP contribution in [0.15, 0.2) is 18.2 Å². The van der Waals surface area contributed by atoms with E-state index in [1.807, 2.05) is 6.07 Å². The van der Waals surface area contributed by atoms with Crippen LogP contribution in [-0.4, -0.2) is 18.4 Å². The average molecular weight is 245 g/mol. The highest BCUT2D eigenvalue weighted by Crippen LogP contribution is 2.30. The van der Waals surface area contributed by atoms with Crippen LogP contribution in [0.2, 0.25) is 0 Å². The molecule has 0 unspecified atom stereocenters. The van der Waals surface area contributed by atoms with E-state index in [-0.39, 0.29) is 31.3 Å². The van der Waals surface area contributed by atoms with E-state index in [4.69, 9.17) is 10.00 Å². The van der Waals surface area contributed by atoms with E-state index in [1.165, 1.54) is 0 Å². The van der Waals surface area contributed by atoms with Crippen LogP contribution in [0, 0.1) is 11.3 Å². The number of hydrogen-bond donors (Lipinski definition) is 2. The molecule has 6 heteroatoms. The van der Waals surface area contributed by atoms with Crippen molar-refractivity contribution in [3.63, 3.8) is 0 Å². The van der Waals surface area contributed by atoms with E-state index in [1.54, 1.807) is 18.2 Å². The van der Waals surface area contributed by atoms with Gasteiger partial charge in [-0.3, -0.25) is 9.59 Å². The van der Waals surface area contributed by atoms with Crippen molar-refractivity contribution in [2.45, 2.75) is 12.8 Å². The molecule has 0 atom stereocenters. The fraction of sp³-hybridized carbons (Fsp3) is 0.250. The first-order valence-corrected chi connectivity index (χ1v) is 5.42. The zero-order valence-electron chi connectivity index (χ0n) is 9.53. The number of amides is 2. The predicted molar refractivity (Wildman–Crippen MR) is 64.0 cm³/mol. The molecule has 1 aromatic carbocycles. The SMILES string of the molecule is N#CCCC(=O)Nc1ccc2c(c1)NC(=O)CO2. The first kappa shape index (κ1) is 11.9. The zero-order valence-corrected chi connectivity index (χ0v) is 9.53. The first-order chi connectivity index (χ1) is 8.69. The second kappa shape index (κ2) is 5.19. The van der Waals surface area contributed by atoms with Gasteiger partial charge in [-0.25, -0.2) is 0 Å². The van der Waals surface area contributed by atoms with Crippen LogP contribution in [0.25, 0.3) is 0 Å². The van der Waals surface area contributed by atoms with Crippen LogP contribution in [-0.2, 0) is 9.59 Å². The Morgan fingerprint density at radius 2 is 2.39 bits per heavy atom. The van der Waals surface area contributed by atoms with Gasteiger partial charge < -0.3 is 15.4 Å². The third kappa shape index (κ3) is 2.77. The number of rotatable bonds is 3. The Hall–Kier alpha value is -2.55. The molecule has 0 radical (unpaired) electrons. The molecule has 2 N–H and O–H groups in total. The average Bonchev–Trinajstić information content (AvgIpc) is 2.36. The van der Waals surface area contributed by atoms with Crippen molar-refractivity contribution < 1.29 is 14.3 Å². The predicted octanol–water partition coefficient (Wildman–Crippen LogP) is 1.26. The van der Waals surface area contributed by atoms with Crippen molar-refractivity contribution in [1.82, 2.24) is 0 Å². The molecule has 1 heterocycles. The van der Waals surface area contributed by atoms with Gasteiger partial charge >= 0.3 is 0 Å². The molecule has 2 amide bonds. The van der Waals surface area contributed by atoms with Crippen molar-refractivity contribution in [2.24, 2.45) is 0 Å². The molecule has 0 fully saturated rings. The Morgan fingerprint density at radius 3 is 3.17 bits per heavy atom. The lowest BCUT2D eigenvalue weighted by molar-refractivity contribution is -0.118. The molecule has 6 nitrogen and oxygen atoms in total. The second-order valence-electron chi connectivity index (χ2n) is 3.75. The van der Waals surface area contributed by atoms with Crippen LogP contribution in [0.1, 0.15) is 12.8 Å². The fourth-order valence-corrected chi connectivity index (χ4v) is 1.55. The molecule has 0 aliphatic carbocycles. The summed E-state index contributed by atoms with van der Waals surface area (Å²) in [5.74, 6) is 0.111. The molecule has 1 aliphatic rings. The minimum atomic E-state index is -0.237. The van der Waals surface area contributed by atoms with Crippen molar-refractivity contribution in [2.75, 3.05) is 17.2 Å². The Bertz CT molecular complexity index is 534. The molecule has 1 aliphatic heterocycles. The number of benzene rings is 1. The Labute approximate surface area is 104 Å². The summed E-state index contributed by atoms with van der Waals surface area (Å²) in [4.78, 5) is 22.6. The first-order valence-electron chi connectivity index (χ1n) is 5.42. The summed E-state index contributed by atoms with van der Waals surface area (Å²) in [6.45, 7) is 0.000868. The number of carbonyl (C=O) groups excluding carboxylic acids is 2. The van der Waals surface area contributed by atoms with Crippen molar-refractivity contribution in [1.29, 1.82) is 5.26 Å². The minimum Gasteiger partial charge on any atom is -0.482 e. The summed E-state index contributed by atoms with van der Waals surface area (Å²) in [7, 11) is 0. The van der Waals surface area contributed by atoms with Gasteiger partial charge in [0, 0.05) is 18.5 Å². The van der Waals surface area contributed by atoms with Crippen LogP contribution < -0.4 is 15.4 Å². The minimum absolute atomic E-state index is 0.000868. The summed E-state index contributed by atoms with van der Waals surface area (Å²) >= 11 is 0. The van der Waals surface area contributed by atoms with Gasteiger partial charge in [0.1, 0.15) is 5.75 Å². The topological polar surface area (TPSA) is 91.2 Å². The van der Waals surface area contributed by atoms with Gasteiger partial charge in [-0.15, -0.1) is 0 Å². The van der Waals surface area contributed by atoms with E-state index in [2.05, 4.69) is 10.6 Å². The standard InChI is InChI=1S/C12H11N3O3/c13-5-1-2-11(16)14-8-3-4-10-9(6-8)15-12(17)7-18-10/h3-4,6H,1-2,7H2,(H,14,16)(H,15,17). The maximum atomic E-state index is 11.4. The van der Waals surface area contributed by atoms with Gasteiger partial charge in [0.15, 0.2) is 6.61 Å². The maximum Gasteiger partial charge on any atom is 0.262 e. The maximum absolute atomic E-state index is 11.4. The smallest absolute Gasteiger partial charge is 0.262 e. The molecule has 92 valence electrons. The van der Waals surface area contributed by atoms with Crippen molar-refractivity contribution in [3.8, 4) is 11.8 Å². The van der Waals surface area contributed by atoms with Gasteiger partial charge in [-0.1, -0.05) is 0 Å². The van der Waals surface area contributed by atoms with Crippen LogP contribution in [0.4, 0.5) is 11.4 Å². The summed E-state index contributed by atoms with van der Waals surface area (Å²) < 4.78 is 5.19. The normalized spacial score (nSPS) is 12.7. The van der Waals surface area contributed by atoms with Gasteiger partial charge in [0.05, 0.1) is 11.8 Å². The number of carbonyl (C=O) groups is 2. The zero-order chi connectivity index (χ0) is 13.0. The molecule has 0 spiro atoms. The Morgan fingerprint density at radius 1 is 1.56 bits per heavy atom. The molecule has 1 aromatic rings. The molecule has 0 saturated carbocycles. The largest absolute Gasteiger partial charge is 0.482 e. The highest BCUT2D eigenvalue weighted by atomic mass is 16.5. The molecule has 0 saturated heterocycles. The van der Waals surface area contributed by atoms with Crippen molar-refractivity contribution in [3.05, 3.63) is 18.2 Å². The molecule has 0 aromatic heterocycles. The molecular formula is C12H11N3O3. The summed E-state index contributed by atoms with van der Waals surface area (Å²) in [6.07, 6.45) is 0.326. The molecule has 0 bridgehead atoms. The summed E-state index contributed by atoms with van der Waals surface area (Å²) in [6, 6.07) is 6.88. The monoisotopic (exact) mass is 245 g/mol. The van der Waals surface area contributed by atoms with Gasteiger partial charge in [0.2, 0.25) is 5.91 Å². The second-order valence-corrected chi connectivity index (χ2v) is 3.75. The van der Waals surface area contributed by atoms with E-state index in [0.29, 0.717) is 17.1 Å². The van der Waals surface area contributed by atoms with Gasteiger partial charge in [0.25, 0.3) is 5.91 Å². The van der Waals surface area contributed by atoms with Gasteiger partial charge in [-0.2, -0.15) is 5.26 Å². The van der Waals surface area contributed by atoms with E-state index >= 15 is 0 Å². The number of hydrogen-bond acceptors (Lipinski definition) is 4. The van der Waals surface area contributed by atoms with Crippen molar-refractivity contribution >= 4 is 23.2 Å². The number of nitriles is 1. The lowest BCUT2D eigenvalue weighted by Crippen LogP contribution is -2.25. The quantitative estimate of drug-likeness (QED) is 0.838. The third-order valence-electron chi connectivity index (χ3n) is 2.36. The third-order valence-corrected chi connectivity index (χ3v) is 2.36. The number of nitrogens with one attached hydrogen (secondary N) is 2. The summed E-state index contributed by atoms with van der Waals surface area (Å²) in [5.41, 5.74) is 1.09. The van der Waals surface area contributed by atoms with Crippen LogP contribution >= 0.6 is 0 Å². The molecule has 2 rings (SSSR count). The number of fused-ring (bicyclic) bond motifs is 1. The molecular weight excluding hydrogens is 234 g/mol. The highest BCUT2D eigenvalue weighted by Gasteiger charge is 2.16. The number of ether oxygens (including phenoxy) is 1. The van der Waals surface area contributed by atoms with E-state index < -0.39 is 0 Å². The number of nitrogens with zero attached hydrogens (tertiary/aromatic N) is 1. The number of anilines is 2. The Kier molecular flexibility index (Phi) is 3.44.